The number of sulfonamides is 1. The van der Waals surface area contributed by atoms with Gasteiger partial charge in [-0.2, -0.15) is 4.31 Å². The summed E-state index contributed by atoms with van der Waals surface area (Å²) in [6.45, 7) is 8.13. The molecule has 9 heteroatoms. The van der Waals surface area contributed by atoms with Crippen LogP contribution in [-0.4, -0.2) is 71.7 Å². The van der Waals surface area contributed by atoms with Gasteiger partial charge in [-0.15, -0.1) is 0 Å². The molecular formula is C20H32N3O5S+. The lowest BCUT2D eigenvalue weighted by molar-refractivity contribution is -0.904. The number of quaternary nitrogens is 1. The van der Waals surface area contributed by atoms with Crippen LogP contribution in [0.25, 0.3) is 0 Å². The zero-order valence-electron chi connectivity index (χ0n) is 17.4. The Morgan fingerprint density at radius 3 is 2.52 bits per heavy atom. The summed E-state index contributed by atoms with van der Waals surface area (Å²) in [5.74, 6) is 1.36. The number of carbonyl (C=O) groups excluding carboxylic acids is 1. The molecule has 2 N–H and O–H groups in total. The van der Waals surface area contributed by atoms with Crippen molar-refractivity contribution in [3.8, 4) is 5.75 Å². The third-order valence-corrected chi connectivity index (χ3v) is 7.44. The van der Waals surface area contributed by atoms with Gasteiger partial charge in [0, 0.05) is 30.6 Å². The normalized spacial score (nSPS) is 26.1. The van der Waals surface area contributed by atoms with E-state index >= 15 is 0 Å². The number of likely N-dealkylation sites (tertiary alicyclic amines) is 1. The van der Waals surface area contributed by atoms with Crippen LogP contribution in [0.2, 0.25) is 0 Å². The molecule has 2 fully saturated rings. The molecule has 1 amide bonds. The number of carbonyl (C=O) groups is 1. The number of nitrogens with one attached hydrogen (secondary N) is 2. The van der Waals surface area contributed by atoms with E-state index in [0.29, 0.717) is 50.4 Å². The number of benzene rings is 1. The first kappa shape index (κ1) is 22.0. The summed E-state index contributed by atoms with van der Waals surface area (Å²) in [5, 5.41) is 2.86. The number of rotatable bonds is 6. The number of morpholine rings is 1. The minimum atomic E-state index is -3.73. The minimum Gasteiger partial charge on any atom is -0.495 e. The second-order valence-corrected chi connectivity index (χ2v) is 10.1. The fraction of sp³-hybridized carbons (Fsp3) is 0.650. The van der Waals surface area contributed by atoms with Crippen LogP contribution in [0.4, 0.5) is 5.69 Å². The second-order valence-electron chi connectivity index (χ2n) is 8.21. The molecule has 0 radical (unpaired) electrons. The van der Waals surface area contributed by atoms with E-state index in [0.717, 1.165) is 13.1 Å². The number of anilines is 1. The second kappa shape index (κ2) is 9.42. The van der Waals surface area contributed by atoms with Crippen LogP contribution in [0.5, 0.6) is 5.75 Å². The molecule has 2 aliphatic heterocycles. The molecule has 3 rings (SSSR count). The first-order valence-electron chi connectivity index (χ1n) is 10.2. The topological polar surface area (TPSA) is 89.4 Å². The summed E-state index contributed by atoms with van der Waals surface area (Å²) < 4.78 is 38.1. The largest absolute Gasteiger partial charge is 0.495 e. The average Bonchev–Trinajstić information content (AvgIpc) is 2.67. The Hall–Kier alpha value is -1.68. The van der Waals surface area contributed by atoms with Crippen molar-refractivity contribution in [1.82, 2.24) is 4.31 Å². The molecule has 2 saturated heterocycles. The summed E-state index contributed by atoms with van der Waals surface area (Å²) >= 11 is 0. The van der Waals surface area contributed by atoms with Gasteiger partial charge in [0.05, 0.1) is 33.4 Å². The monoisotopic (exact) mass is 426 g/mol. The lowest BCUT2D eigenvalue weighted by Gasteiger charge is -2.31. The van der Waals surface area contributed by atoms with Crippen molar-refractivity contribution >= 4 is 21.6 Å². The van der Waals surface area contributed by atoms with Crippen molar-refractivity contribution in [2.45, 2.75) is 25.2 Å². The van der Waals surface area contributed by atoms with E-state index in [1.807, 2.05) is 0 Å². The summed E-state index contributed by atoms with van der Waals surface area (Å²) in [5.41, 5.74) is 0.458. The Labute approximate surface area is 173 Å². The Morgan fingerprint density at radius 2 is 1.90 bits per heavy atom. The predicted molar refractivity (Wildman–Crippen MR) is 110 cm³/mol. The third-order valence-electron chi connectivity index (χ3n) is 5.52. The Kier molecular flexibility index (Phi) is 7.15. The van der Waals surface area contributed by atoms with Crippen LogP contribution in [0.15, 0.2) is 23.1 Å². The van der Waals surface area contributed by atoms with Crippen molar-refractivity contribution in [3.05, 3.63) is 18.2 Å². The van der Waals surface area contributed by atoms with Gasteiger partial charge in [0.25, 0.3) is 5.91 Å². The van der Waals surface area contributed by atoms with Gasteiger partial charge in [0.1, 0.15) is 10.6 Å². The van der Waals surface area contributed by atoms with Gasteiger partial charge in [0.15, 0.2) is 6.54 Å². The van der Waals surface area contributed by atoms with Crippen LogP contribution in [0.3, 0.4) is 0 Å². The molecule has 0 spiro atoms. The maximum atomic E-state index is 13.1. The molecule has 29 heavy (non-hydrogen) atoms. The highest BCUT2D eigenvalue weighted by Crippen LogP contribution is 2.30. The van der Waals surface area contributed by atoms with Gasteiger partial charge in [0.2, 0.25) is 10.0 Å². The average molecular weight is 427 g/mol. The van der Waals surface area contributed by atoms with Crippen molar-refractivity contribution in [2.75, 3.05) is 58.4 Å². The Morgan fingerprint density at radius 1 is 1.24 bits per heavy atom. The van der Waals surface area contributed by atoms with Crippen LogP contribution >= 0.6 is 0 Å². The number of amides is 1. The maximum Gasteiger partial charge on any atom is 0.279 e. The minimum absolute atomic E-state index is 0.0623. The molecule has 1 aromatic rings. The van der Waals surface area contributed by atoms with Gasteiger partial charge in [-0.25, -0.2) is 8.42 Å². The van der Waals surface area contributed by atoms with E-state index in [4.69, 9.17) is 9.47 Å². The SMILES string of the molecule is COc1ccc(NC(=O)C[NH+]2C[C@@H](C)C[C@H](C)C2)cc1S(=O)(=O)N1CCOCC1. The van der Waals surface area contributed by atoms with E-state index < -0.39 is 10.0 Å². The van der Waals surface area contributed by atoms with Crippen LogP contribution in [-0.2, 0) is 19.6 Å². The van der Waals surface area contributed by atoms with E-state index in [-0.39, 0.29) is 16.6 Å². The highest BCUT2D eigenvalue weighted by molar-refractivity contribution is 7.89. The highest BCUT2D eigenvalue weighted by Gasteiger charge is 2.30. The molecule has 0 aromatic heterocycles. The van der Waals surface area contributed by atoms with Crippen molar-refractivity contribution in [3.63, 3.8) is 0 Å². The van der Waals surface area contributed by atoms with Crippen LogP contribution < -0.4 is 15.0 Å². The fourth-order valence-electron chi connectivity index (χ4n) is 4.38. The summed E-state index contributed by atoms with van der Waals surface area (Å²) in [6, 6.07) is 4.74. The Balaban J connectivity index is 1.73. The first-order valence-corrected chi connectivity index (χ1v) is 11.6. The van der Waals surface area contributed by atoms with E-state index in [9.17, 15) is 13.2 Å². The van der Waals surface area contributed by atoms with Gasteiger partial charge < -0.3 is 19.7 Å². The van der Waals surface area contributed by atoms with Crippen LogP contribution in [0, 0.1) is 11.8 Å². The zero-order valence-corrected chi connectivity index (χ0v) is 18.3. The van der Waals surface area contributed by atoms with E-state index in [1.165, 1.54) is 28.8 Å². The number of methoxy groups -OCH3 is 1. The number of piperidine rings is 1. The highest BCUT2D eigenvalue weighted by atomic mass is 32.2. The molecule has 0 unspecified atom stereocenters. The number of ether oxygens (including phenoxy) is 2. The Bertz CT molecular complexity index is 813. The molecule has 8 nitrogen and oxygen atoms in total. The molecule has 0 bridgehead atoms. The summed E-state index contributed by atoms with van der Waals surface area (Å²) in [4.78, 5) is 13.9. The third kappa shape index (κ3) is 5.48. The fourth-order valence-corrected chi connectivity index (χ4v) is 5.97. The predicted octanol–water partition coefficient (Wildman–Crippen LogP) is 0.215. The van der Waals surface area contributed by atoms with Gasteiger partial charge in [-0.05, 0) is 24.6 Å². The van der Waals surface area contributed by atoms with Crippen molar-refractivity contribution in [1.29, 1.82) is 0 Å². The molecule has 2 aliphatic rings. The molecule has 2 heterocycles. The van der Waals surface area contributed by atoms with Crippen molar-refractivity contribution < 1.29 is 27.6 Å². The number of nitrogens with zero attached hydrogens (tertiary/aromatic N) is 1. The molecule has 2 atom stereocenters. The quantitative estimate of drug-likeness (QED) is 0.679. The van der Waals surface area contributed by atoms with Gasteiger partial charge >= 0.3 is 0 Å². The first-order chi connectivity index (χ1) is 13.8. The van der Waals surface area contributed by atoms with E-state index in [2.05, 4.69) is 19.2 Å². The summed E-state index contributed by atoms with van der Waals surface area (Å²) in [7, 11) is -2.29. The smallest absolute Gasteiger partial charge is 0.279 e. The lowest BCUT2D eigenvalue weighted by atomic mass is 9.92. The standard InChI is InChI=1S/C20H31N3O5S/c1-15-10-16(2)13-22(12-15)14-20(24)21-17-4-5-18(27-3)19(11-17)29(25,26)23-6-8-28-9-7-23/h4-5,11,15-16H,6-10,12-14H2,1-3H3,(H,21,24)/p+1/t15-,16-/m0/s1. The van der Waals surface area contributed by atoms with Gasteiger partial charge in [-0.1, -0.05) is 13.8 Å². The molecular weight excluding hydrogens is 394 g/mol. The van der Waals surface area contributed by atoms with Crippen LogP contribution in [0.1, 0.15) is 20.3 Å². The maximum absolute atomic E-state index is 13.1. The lowest BCUT2D eigenvalue weighted by Crippen LogP contribution is -3.15. The molecule has 0 aliphatic carbocycles. The summed E-state index contributed by atoms with van der Waals surface area (Å²) in [6.07, 6.45) is 1.20. The van der Waals surface area contributed by atoms with E-state index in [1.54, 1.807) is 12.1 Å². The van der Waals surface area contributed by atoms with Gasteiger partial charge in [-0.3, -0.25) is 4.79 Å². The molecule has 0 saturated carbocycles. The number of hydrogen-bond donors (Lipinski definition) is 2. The van der Waals surface area contributed by atoms with Crippen molar-refractivity contribution in [2.24, 2.45) is 11.8 Å². The zero-order chi connectivity index (χ0) is 21.0. The number of hydrogen-bond acceptors (Lipinski definition) is 5. The molecule has 1 aromatic carbocycles. The molecule has 162 valence electrons.